The van der Waals surface area contributed by atoms with Crippen LogP contribution in [0.3, 0.4) is 0 Å². The highest BCUT2D eigenvalue weighted by atomic mass is 35.5. The van der Waals surface area contributed by atoms with Crippen LogP contribution in [0, 0.1) is 0 Å². The van der Waals surface area contributed by atoms with Gasteiger partial charge >= 0.3 is 0 Å². The van der Waals surface area contributed by atoms with Crippen molar-refractivity contribution in [2.45, 2.75) is 13.3 Å². The Hall–Kier alpha value is -1.91. The molecule has 0 saturated heterocycles. The molecule has 0 spiro atoms. The third-order valence-corrected chi connectivity index (χ3v) is 3.43. The number of nitrogens with one attached hydrogen (secondary N) is 1. The van der Waals surface area contributed by atoms with Crippen molar-refractivity contribution in [3.63, 3.8) is 0 Å². The fourth-order valence-electron chi connectivity index (χ4n) is 1.78. The minimum atomic E-state index is -0.319. The van der Waals surface area contributed by atoms with E-state index in [0.29, 0.717) is 28.1 Å². The maximum atomic E-state index is 11.9. The summed E-state index contributed by atoms with van der Waals surface area (Å²) >= 11 is 11.9. The zero-order chi connectivity index (χ0) is 16.7. The predicted octanol–water partition coefficient (Wildman–Crippen LogP) is 4.80. The highest BCUT2D eigenvalue weighted by Gasteiger charge is 2.07. The highest BCUT2D eigenvalue weighted by molar-refractivity contribution is 6.35. The van der Waals surface area contributed by atoms with Crippen molar-refractivity contribution < 1.29 is 14.3 Å². The first-order valence-corrected chi connectivity index (χ1v) is 7.94. The van der Waals surface area contributed by atoms with Gasteiger partial charge in [-0.3, -0.25) is 4.79 Å². The van der Waals surface area contributed by atoms with Crippen molar-refractivity contribution in [3.8, 4) is 11.5 Å². The van der Waals surface area contributed by atoms with Crippen LogP contribution in [-0.4, -0.2) is 19.1 Å². The smallest absolute Gasteiger partial charge is 0.262 e. The minimum absolute atomic E-state index is 0.127. The molecule has 0 heterocycles. The van der Waals surface area contributed by atoms with Crippen molar-refractivity contribution in [3.05, 3.63) is 52.5 Å². The Balaban J connectivity index is 1.85. The number of anilines is 1. The van der Waals surface area contributed by atoms with Crippen LogP contribution in [0.4, 0.5) is 5.69 Å². The van der Waals surface area contributed by atoms with E-state index in [1.165, 1.54) is 0 Å². The fraction of sp³-hybridized carbons (Fsp3) is 0.235. The Morgan fingerprint density at radius 2 is 1.70 bits per heavy atom. The Bertz CT molecular complexity index is 659. The topological polar surface area (TPSA) is 47.6 Å². The third kappa shape index (κ3) is 5.66. The van der Waals surface area contributed by atoms with Gasteiger partial charge in [-0.15, -0.1) is 0 Å². The van der Waals surface area contributed by atoms with Gasteiger partial charge in [-0.1, -0.05) is 30.1 Å². The third-order valence-electron chi connectivity index (χ3n) is 2.87. The van der Waals surface area contributed by atoms with Gasteiger partial charge in [-0.2, -0.15) is 0 Å². The molecule has 0 fully saturated rings. The van der Waals surface area contributed by atoms with Gasteiger partial charge in [0.2, 0.25) is 0 Å². The molecule has 2 rings (SSSR count). The molecule has 1 N–H and O–H groups in total. The molecule has 0 aliphatic carbocycles. The van der Waals surface area contributed by atoms with E-state index >= 15 is 0 Å². The molecule has 122 valence electrons. The summed E-state index contributed by atoms with van der Waals surface area (Å²) in [5, 5.41) is 3.57. The number of carbonyl (C=O) groups excluding carboxylic acids is 1. The fourth-order valence-corrected chi connectivity index (χ4v) is 2.12. The summed E-state index contributed by atoms with van der Waals surface area (Å²) in [4.78, 5) is 11.9. The Morgan fingerprint density at radius 1 is 1.04 bits per heavy atom. The van der Waals surface area contributed by atoms with E-state index < -0.39 is 0 Å². The van der Waals surface area contributed by atoms with E-state index in [2.05, 4.69) is 5.32 Å². The van der Waals surface area contributed by atoms with E-state index in [0.717, 1.165) is 12.2 Å². The molecular formula is C17H17Cl2NO3. The first-order valence-electron chi connectivity index (χ1n) is 7.19. The van der Waals surface area contributed by atoms with Crippen LogP contribution >= 0.6 is 23.2 Å². The maximum absolute atomic E-state index is 11.9. The van der Waals surface area contributed by atoms with Crippen LogP contribution in [0.5, 0.6) is 11.5 Å². The number of hydrogen-bond donors (Lipinski definition) is 1. The largest absolute Gasteiger partial charge is 0.494 e. The summed E-state index contributed by atoms with van der Waals surface area (Å²) in [5.41, 5.74) is 0.455. The number of carbonyl (C=O) groups is 1. The van der Waals surface area contributed by atoms with Crippen LogP contribution in [0.15, 0.2) is 42.5 Å². The van der Waals surface area contributed by atoms with Crippen LogP contribution in [0.2, 0.25) is 10.0 Å². The lowest BCUT2D eigenvalue weighted by Gasteiger charge is -2.10. The molecule has 0 aliphatic rings. The Labute approximate surface area is 145 Å². The average Bonchev–Trinajstić information content (AvgIpc) is 2.55. The molecule has 0 atom stereocenters. The summed E-state index contributed by atoms with van der Waals surface area (Å²) in [6.45, 7) is 2.59. The second kappa shape index (κ2) is 8.65. The molecular weight excluding hydrogens is 337 g/mol. The molecule has 6 heteroatoms. The van der Waals surface area contributed by atoms with E-state index in [9.17, 15) is 4.79 Å². The van der Waals surface area contributed by atoms with Crippen molar-refractivity contribution in [1.82, 2.24) is 0 Å². The van der Waals surface area contributed by atoms with Crippen molar-refractivity contribution in [2.75, 3.05) is 18.5 Å². The lowest BCUT2D eigenvalue weighted by atomic mass is 10.3. The van der Waals surface area contributed by atoms with Crippen LogP contribution in [0.25, 0.3) is 0 Å². The normalized spacial score (nSPS) is 10.2. The first-order chi connectivity index (χ1) is 11.1. The standard InChI is InChI=1S/C17H17Cl2NO3/c1-2-9-22-13-4-6-14(7-5-13)23-11-17(21)20-16-10-12(18)3-8-15(16)19/h3-8,10H,2,9,11H2,1H3,(H,20,21). The molecule has 2 aromatic carbocycles. The molecule has 0 saturated carbocycles. The van der Waals surface area contributed by atoms with Crippen LogP contribution < -0.4 is 14.8 Å². The van der Waals surface area contributed by atoms with Gasteiger partial charge in [0.1, 0.15) is 11.5 Å². The molecule has 0 aromatic heterocycles. The van der Waals surface area contributed by atoms with Crippen molar-refractivity contribution in [1.29, 1.82) is 0 Å². The van der Waals surface area contributed by atoms with E-state index in [1.54, 1.807) is 42.5 Å². The molecule has 0 aliphatic heterocycles. The quantitative estimate of drug-likeness (QED) is 0.777. The molecule has 2 aromatic rings. The SMILES string of the molecule is CCCOc1ccc(OCC(=O)Nc2cc(Cl)ccc2Cl)cc1. The lowest BCUT2D eigenvalue weighted by molar-refractivity contribution is -0.118. The lowest BCUT2D eigenvalue weighted by Crippen LogP contribution is -2.20. The minimum Gasteiger partial charge on any atom is -0.494 e. The van der Waals surface area contributed by atoms with Crippen molar-refractivity contribution >= 4 is 34.8 Å². The van der Waals surface area contributed by atoms with Gasteiger partial charge in [-0.05, 0) is 48.9 Å². The predicted molar refractivity (Wildman–Crippen MR) is 92.8 cm³/mol. The molecule has 23 heavy (non-hydrogen) atoms. The summed E-state index contributed by atoms with van der Waals surface area (Å²) in [7, 11) is 0. The second-order valence-electron chi connectivity index (χ2n) is 4.78. The first kappa shape index (κ1) is 17.4. The van der Waals surface area contributed by atoms with Gasteiger partial charge in [0, 0.05) is 5.02 Å². The van der Waals surface area contributed by atoms with Gasteiger partial charge in [-0.25, -0.2) is 0 Å². The zero-order valence-corrected chi connectivity index (χ0v) is 14.2. The van der Waals surface area contributed by atoms with Gasteiger partial charge in [0.15, 0.2) is 6.61 Å². The molecule has 0 radical (unpaired) electrons. The maximum Gasteiger partial charge on any atom is 0.262 e. The summed E-state index contributed by atoms with van der Waals surface area (Å²) in [5.74, 6) is 1.04. The summed E-state index contributed by atoms with van der Waals surface area (Å²) in [6.07, 6.45) is 0.949. The second-order valence-corrected chi connectivity index (χ2v) is 5.62. The molecule has 4 nitrogen and oxygen atoms in total. The number of halogens is 2. The summed E-state index contributed by atoms with van der Waals surface area (Å²) in [6, 6.07) is 12.0. The highest BCUT2D eigenvalue weighted by Crippen LogP contribution is 2.25. The van der Waals surface area contributed by atoms with Crippen molar-refractivity contribution in [2.24, 2.45) is 0 Å². The number of ether oxygens (including phenoxy) is 2. The van der Waals surface area contributed by atoms with Crippen LogP contribution in [0.1, 0.15) is 13.3 Å². The van der Waals surface area contributed by atoms with E-state index in [1.807, 2.05) is 6.92 Å². The van der Waals surface area contributed by atoms with Gasteiger partial charge in [0.05, 0.1) is 17.3 Å². The number of benzene rings is 2. The monoisotopic (exact) mass is 353 g/mol. The molecule has 1 amide bonds. The average molecular weight is 354 g/mol. The number of rotatable bonds is 7. The Morgan fingerprint density at radius 3 is 2.35 bits per heavy atom. The zero-order valence-electron chi connectivity index (χ0n) is 12.6. The molecule has 0 bridgehead atoms. The van der Waals surface area contributed by atoms with Gasteiger partial charge in [0.25, 0.3) is 5.91 Å². The number of amides is 1. The van der Waals surface area contributed by atoms with Crippen LogP contribution in [-0.2, 0) is 4.79 Å². The Kier molecular flexibility index (Phi) is 6.56. The van der Waals surface area contributed by atoms with Gasteiger partial charge < -0.3 is 14.8 Å². The van der Waals surface area contributed by atoms with E-state index in [-0.39, 0.29) is 12.5 Å². The summed E-state index contributed by atoms with van der Waals surface area (Å²) < 4.78 is 10.9. The van der Waals surface area contributed by atoms with E-state index in [4.69, 9.17) is 32.7 Å². The molecule has 0 unspecified atom stereocenters. The number of hydrogen-bond acceptors (Lipinski definition) is 3.